The van der Waals surface area contributed by atoms with Crippen molar-refractivity contribution >= 4 is 12.0 Å². The number of nitrogens with one attached hydrogen (secondary N) is 2. The first kappa shape index (κ1) is 18.8. The maximum atomic E-state index is 13.6. The Morgan fingerprint density at radius 3 is 2.93 bits per heavy atom. The molecule has 1 aliphatic rings. The van der Waals surface area contributed by atoms with E-state index in [4.69, 9.17) is 0 Å². The van der Waals surface area contributed by atoms with Crippen molar-refractivity contribution < 1.29 is 18.7 Å². The molecule has 2 N–H and O–H groups in total. The first-order chi connectivity index (χ1) is 13.1. The number of halogens is 1. The van der Waals surface area contributed by atoms with Gasteiger partial charge in [0, 0.05) is 25.8 Å². The summed E-state index contributed by atoms with van der Waals surface area (Å²) in [4.78, 5) is 29.9. The van der Waals surface area contributed by atoms with E-state index in [0.717, 1.165) is 5.56 Å². The lowest BCUT2D eigenvalue weighted by Gasteiger charge is -2.36. The second kappa shape index (κ2) is 8.59. The lowest BCUT2D eigenvalue weighted by molar-refractivity contribution is 0.0600. The van der Waals surface area contributed by atoms with E-state index in [1.54, 1.807) is 23.1 Å². The highest BCUT2D eigenvalue weighted by Gasteiger charge is 2.28. The standard InChI is InChI=1S/C19H21FN4O3/c1-27-18(25)14-5-6-16(22-10-14)11-23-19(26)24-8-7-21-12-17(24)13-3-2-4-15(20)9-13/h2-6,9-10,17,21H,7-8,11-12H2,1H3,(H,23,26). The Bertz CT molecular complexity index is 813. The molecule has 142 valence electrons. The van der Waals surface area contributed by atoms with Crippen molar-refractivity contribution in [1.29, 1.82) is 0 Å². The highest BCUT2D eigenvalue weighted by Crippen LogP contribution is 2.23. The van der Waals surface area contributed by atoms with Gasteiger partial charge in [0.15, 0.2) is 0 Å². The van der Waals surface area contributed by atoms with E-state index in [-0.39, 0.29) is 24.4 Å². The Balaban J connectivity index is 1.64. The molecular formula is C19H21FN4O3. The smallest absolute Gasteiger partial charge is 0.339 e. The van der Waals surface area contributed by atoms with Gasteiger partial charge in [-0.05, 0) is 29.8 Å². The molecule has 7 nitrogen and oxygen atoms in total. The Labute approximate surface area is 156 Å². The van der Waals surface area contributed by atoms with Gasteiger partial charge >= 0.3 is 12.0 Å². The number of ether oxygens (including phenoxy) is 1. The number of urea groups is 1. The average molecular weight is 372 g/mol. The number of benzene rings is 1. The molecule has 0 aliphatic carbocycles. The number of carbonyl (C=O) groups is 2. The van der Waals surface area contributed by atoms with Gasteiger partial charge in [-0.25, -0.2) is 14.0 Å². The molecule has 0 radical (unpaired) electrons. The number of pyridine rings is 1. The minimum absolute atomic E-state index is 0.222. The van der Waals surface area contributed by atoms with Gasteiger partial charge < -0.3 is 20.3 Å². The lowest BCUT2D eigenvalue weighted by Crippen LogP contribution is -2.51. The topological polar surface area (TPSA) is 83.6 Å². The Kier molecular flexibility index (Phi) is 5.97. The molecule has 1 aliphatic heterocycles. The van der Waals surface area contributed by atoms with Crippen molar-refractivity contribution in [2.75, 3.05) is 26.7 Å². The summed E-state index contributed by atoms with van der Waals surface area (Å²) in [6.45, 7) is 1.97. The molecule has 2 amide bonds. The Morgan fingerprint density at radius 1 is 1.37 bits per heavy atom. The third kappa shape index (κ3) is 4.59. The molecule has 1 atom stereocenters. The van der Waals surface area contributed by atoms with E-state index in [1.165, 1.54) is 25.4 Å². The van der Waals surface area contributed by atoms with Crippen molar-refractivity contribution in [2.24, 2.45) is 0 Å². The number of hydrogen-bond acceptors (Lipinski definition) is 5. The summed E-state index contributed by atoms with van der Waals surface area (Å²) in [6.07, 6.45) is 1.41. The van der Waals surface area contributed by atoms with Crippen LogP contribution >= 0.6 is 0 Å². The highest BCUT2D eigenvalue weighted by atomic mass is 19.1. The van der Waals surface area contributed by atoms with Crippen molar-refractivity contribution in [3.8, 4) is 0 Å². The summed E-state index contributed by atoms with van der Waals surface area (Å²) >= 11 is 0. The van der Waals surface area contributed by atoms with Crippen molar-refractivity contribution in [1.82, 2.24) is 20.5 Å². The molecule has 8 heteroatoms. The zero-order chi connectivity index (χ0) is 19.2. The number of carbonyl (C=O) groups excluding carboxylic acids is 2. The first-order valence-electron chi connectivity index (χ1n) is 8.62. The van der Waals surface area contributed by atoms with E-state index >= 15 is 0 Å². The van der Waals surface area contributed by atoms with Crippen LogP contribution in [0, 0.1) is 5.82 Å². The van der Waals surface area contributed by atoms with Gasteiger partial charge in [0.25, 0.3) is 0 Å². The Hall–Kier alpha value is -3.00. The summed E-state index contributed by atoms with van der Waals surface area (Å²) in [5.41, 5.74) is 1.71. The van der Waals surface area contributed by atoms with Crippen LogP contribution in [0.2, 0.25) is 0 Å². The maximum Gasteiger partial charge on any atom is 0.339 e. The van der Waals surface area contributed by atoms with Crippen LogP contribution < -0.4 is 10.6 Å². The van der Waals surface area contributed by atoms with Crippen LogP contribution in [0.5, 0.6) is 0 Å². The van der Waals surface area contributed by atoms with Gasteiger partial charge in [0.1, 0.15) is 5.82 Å². The normalized spacial score (nSPS) is 16.7. The average Bonchev–Trinajstić information content (AvgIpc) is 2.72. The van der Waals surface area contributed by atoms with E-state index in [9.17, 15) is 14.0 Å². The van der Waals surface area contributed by atoms with Crippen molar-refractivity contribution in [2.45, 2.75) is 12.6 Å². The molecule has 1 unspecified atom stereocenters. The number of rotatable bonds is 4. The van der Waals surface area contributed by atoms with Gasteiger partial charge in [-0.2, -0.15) is 0 Å². The van der Waals surface area contributed by atoms with E-state index in [1.807, 2.05) is 6.07 Å². The van der Waals surface area contributed by atoms with Crippen LogP contribution in [-0.2, 0) is 11.3 Å². The molecule has 2 heterocycles. The Morgan fingerprint density at radius 2 is 2.22 bits per heavy atom. The summed E-state index contributed by atoms with van der Waals surface area (Å²) in [5.74, 6) is -0.787. The van der Waals surface area contributed by atoms with Crippen LogP contribution in [0.4, 0.5) is 9.18 Å². The van der Waals surface area contributed by atoms with Crippen LogP contribution in [0.3, 0.4) is 0 Å². The number of esters is 1. The largest absolute Gasteiger partial charge is 0.465 e. The predicted molar refractivity (Wildman–Crippen MR) is 96.5 cm³/mol. The molecule has 0 bridgehead atoms. The van der Waals surface area contributed by atoms with Gasteiger partial charge in [-0.15, -0.1) is 0 Å². The second-order valence-electron chi connectivity index (χ2n) is 6.16. The number of methoxy groups -OCH3 is 1. The molecule has 1 aromatic carbocycles. The molecule has 0 saturated carbocycles. The molecule has 27 heavy (non-hydrogen) atoms. The summed E-state index contributed by atoms with van der Waals surface area (Å²) < 4.78 is 18.2. The number of nitrogens with zero attached hydrogens (tertiary/aromatic N) is 2. The van der Waals surface area contributed by atoms with E-state index in [2.05, 4.69) is 20.4 Å². The maximum absolute atomic E-state index is 13.6. The van der Waals surface area contributed by atoms with Gasteiger partial charge in [0.2, 0.25) is 0 Å². The fourth-order valence-electron chi connectivity index (χ4n) is 2.99. The second-order valence-corrected chi connectivity index (χ2v) is 6.16. The van der Waals surface area contributed by atoms with Crippen LogP contribution in [-0.4, -0.2) is 48.6 Å². The predicted octanol–water partition coefficient (Wildman–Crippen LogP) is 1.86. The fraction of sp³-hybridized carbons (Fsp3) is 0.316. The van der Waals surface area contributed by atoms with E-state index in [0.29, 0.717) is 30.9 Å². The number of aromatic nitrogens is 1. The molecule has 2 aromatic rings. The van der Waals surface area contributed by atoms with Crippen molar-refractivity contribution in [3.63, 3.8) is 0 Å². The molecule has 1 aromatic heterocycles. The highest BCUT2D eigenvalue weighted by molar-refractivity contribution is 5.88. The fourth-order valence-corrected chi connectivity index (χ4v) is 2.99. The number of amides is 2. The first-order valence-corrected chi connectivity index (χ1v) is 8.62. The van der Waals surface area contributed by atoms with Crippen LogP contribution in [0.1, 0.15) is 27.7 Å². The summed E-state index contributed by atoms with van der Waals surface area (Å²) in [7, 11) is 1.30. The number of piperazine rings is 1. The molecular weight excluding hydrogens is 351 g/mol. The third-order valence-electron chi connectivity index (χ3n) is 4.40. The zero-order valence-electron chi connectivity index (χ0n) is 14.9. The zero-order valence-corrected chi connectivity index (χ0v) is 14.9. The third-order valence-corrected chi connectivity index (χ3v) is 4.40. The summed E-state index contributed by atoms with van der Waals surface area (Å²) in [5, 5.41) is 6.07. The SMILES string of the molecule is COC(=O)c1ccc(CNC(=O)N2CCNCC2c2cccc(F)c2)nc1. The van der Waals surface area contributed by atoms with Gasteiger partial charge in [-0.3, -0.25) is 4.98 Å². The molecule has 1 fully saturated rings. The quantitative estimate of drug-likeness (QED) is 0.801. The lowest BCUT2D eigenvalue weighted by atomic mass is 10.0. The van der Waals surface area contributed by atoms with Crippen LogP contribution in [0.25, 0.3) is 0 Å². The summed E-state index contributed by atoms with van der Waals surface area (Å²) in [6, 6.07) is 9.05. The molecule has 1 saturated heterocycles. The minimum Gasteiger partial charge on any atom is -0.465 e. The monoisotopic (exact) mass is 372 g/mol. The number of hydrogen-bond donors (Lipinski definition) is 2. The van der Waals surface area contributed by atoms with Gasteiger partial charge in [-0.1, -0.05) is 12.1 Å². The molecule has 3 rings (SSSR count). The van der Waals surface area contributed by atoms with Gasteiger partial charge in [0.05, 0.1) is 31.0 Å². The van der Waals surface area contributed by atoms with Crippen LogP contribution in [0.15, 0.2) is 42.6 Å². The molecule has 0 spiro atoms. The minimum atomic E-state index is -0.461. The van der Waals surface area contributed by atoms with Crippen molar-refractivity contribution in [3.05, 3.63) is 65.2 Å². The van der Waals surface area contributed by atoms with E-state index < -0.39 is 5.97 Å².